The zero-order valence-corrected chi connectivity index (χ0v) is 54.9. The molecule has 0 atom stereocenters. The molecule has 2 aliphatic carbocycles. The Morgan fingerprint density at radius 2 is 0.622 bits per heavy atom. The normalized spacial score (nSPS) is 15.2. The van der Waals surface area contributed by atoms with Crippen LogP contribution in [0.2, 0.25) is 0 Å². The van der Waals surface area contributed by atoms with Crippen LogP contribution in [0.4, 0.5) is 5.69 Å². The fourth-order valence-electron chi connectivity index (χ4n) is 16.0. The summed E-state index contributed by atoms with van der Waals surface area (Å²) in [5, 5.41) is 22.3. The predicted molar refractivity (Wildman–Crippen MR) is 381 cm³/mol. The van der Waals surface area contributed by atoms with Gasteiger partial charge < -0.3 is 18.3 Å². The second-order valence-electron chi connectivity index (χ2n) is 30.9. The van der Waals surface area contributed by atoms with E-state index in [1.165, 1.54) is 97.6 Å². The Hall–Kier alpha value is -8.84. The molecular formula is C84H84N6. The van der Waals surface area contributed by atoms with E-state index in [2.05, 4.69) is 265 Å². The number of benzene rings is 9. The monoisotopic (exact) mass is 1180 g/mol. The van der Waals surface area contributed by atoms with E-state index in [0.29, 0.717) is 45.8 Å². The van der Waals surface area contributed by atoms with Gasteiger partial charge in [-0.2, -0.15) is 5.26 Å². The van der Waals surface area contributed by atoms with Crippen molar-refractivity contribution in [1.82, 2.24) is 18.3 Å². The van der Waals surface area contributed by atoms with Crippen LogP contribution >= 0.6 is 0 Å². The van der Waals surface area contributed by atoms with Gasteiger partial charge in [0.2, 0.25) is 5.69 Å². The van der Waals surface area contributed by atoms with Crippen LogP contribution < -0.4 is 0 Å². The van der Waals surface area contributed by atoms with Crippen molar-refractivity contribution >= 4 is 92.9 Å². The molecule has 0 unspecified atom stereocenters. The van der Waals surface area contributed by atoms with Gasteiger partial charge in [-0.3, -0.25) is 0 Å². The summed E-state index contributed by atoms with van der Waals surface area (Å²) >= 11 is 0. The van der Waals surface area contributed by atoms with E-state index in [4.69, 9.17) is 4.85 Å². The lowest BCUT2D eigenvalue weighted by Crippen LogP contribution is -2.15. The summed E-state index contributed by atoms with van der Waals surface area (Å²) in [6.07, 6.45) is 12.3. The van der Waals surface area contributed by atoms with Gasteiger partial charge in [-0.15, -0.1) is 0 Å². The number of nitrogens with zero attached hydrogens (tertiary/aromatic N) is 6. The minimum absolute atomic E-state index is 0.143. The third kappa shape index (κ3) is 9.05. The highest BCUT2D eigenvalue weighted by Crippen LogP contribution is 2.53. The molecular weight excluding hydrogens is 1090 g/mol. The molecule has 0 spiro atoms. The van der Waals surface area contributed by atoms with Gasteiger partial charge >= 0.3 is 0 Å². The van der Waals surface area contributed by atoms with Crippen molar-refractivity contribution in [3.05, 3.63) is 208 Å². The van der Waals surface area contributed by atoms with E-state index >= 15 is 0 Å². The smallest absolute Gasteiger partial charge is 0.238 e. The predicted octanol–water partition coefficient (Wildman–Crippen LogP) is 23.8. The maximum Gasteiger partial charge on any atom is 0.238 e. The van der Waals surface area contributed by atoms with Crippen LogP contribution in [-0.2, 0) is 21.7 Å². The van der Waals surface area contributed by atoms with Crippen LogP contribution in [0.15, 0.2) is 158 Å². The number of para-hydroxylation sites is 2. The minimum atomic E-state index is -0.143. The molecule has 13 aromatic rings. The van der Waals surface area contributed by atoms with E-state index in [9.17, 15) is 11.8 Å². The van der Waals surface area contributed by atoms with Crippen LogP contribution in [0.3, 0.4) is 0 Å². The molecule has 15 rings (SSSR count). The summed E-state index contributed by atoms with van der Waals surface area (Å²) in [5.41, 5.74) is 18.8. The average molecular weight is 1180 g/mol. The molecule has 2 aliphatic rings. The van der Waals surface area contributed by atoms with Crippen LogP contribution in [0, 0.1) is 17.9 Å². The Morgan fingerprint density at radius 1 is 0.344 bits per heavy atom. The molecule has 0 amide bonds. The lowest BCUT2D eigenvalue weighted by atomic mass is 9.84. The topological polar surface area (TPSA) is 47.9 Å². The molecule has 6 heteroatoms. The van der Waals surface area contributed by atoms with E-state index in [0.717, 1.165) is 87.2 Å². The standard InChI is InChI=1S/C84H84N6/c1-81(2,3)55-34-40-72-63(46-55)64-47-56(82(4,5)6)35-41-73(64)88(72)78-67(50-85)77(87-68-30-22-20-28-59(68)61-44-53(32-38-70(61)87)51-24-16-14-17-25-51)80(90-74-42-36-57(83(7,8)9)48-65(74)66-49-58(84(10,11)12)37-43-75(66)90)76(86-13)79(78)89-69-31-23-21-29-60(69)62-45-54(33-39-71(62)89)52-26-18-15-19-27-52/h20-23,28-49,51-52H,14-19,24-27H2,1-12H3. The maximum atomic E-state index is 13.2. The van der Waals surface area contributed by atoms with Crippen LogP contribution in [0.1, 0.15) is 198 Å². The second kappa shape index (κ2) is 20.9. The van der Waals surface area contributed by atoms with Crippen molar-refractivity contribution in [3.8, 4) is 28.8 Å². The largest absolute Gasteiger partial charge is 0.317 e. The number of nitriles is 1. The number of rotatable bonds is 6. The van der Waals surface area contributed by atoms with Gasteiger partial charge in [-0.05, 0) is 177 Å². The van der Waals surface area contributed by atoms with Crippen molar-refractivity contribution in [2.45, 2.75) is 181 Å². The maximum absolute atomic E-state index is 13.2. The Morgan fingerprint density at radius 3 is 0.922 bits per heavy atom. The molecule has 450 valence electrons. The Labute approximate surface area is 531 Å². The van der Waals surface area contributed by atoms with Crippen LogP contribution in [0.25, 0.3) is 115 Å². The molecule has 90 heavy (non-hydrogen) atoms. The van der Waals surface area contributed by atoms with E-state index in [1.807, 2.05) is 0 Å². The quantitative estimate of drug-likeness (QED) is 0.153. The van der Waals surface area contributed by atoms with Crippen molar-refractivity contribution in [2.24, 2.45) is 0 Å². The van der Waals surface area contributed by atoms with Crippen LogP contribution in [-0.4, -0.2) is 18.3 Å². The summed E-state index contributed by atoms with van der Waals surface area (Å²) in [7, 11) is 0. The van der Waals surface area contributed by atoms with Crippen molar-refractivity contribution in [2.75, 3.05) is 0 Å². The van der Waals surface area contributed by atoms with E-state index < -0.39 is 0 Å². The van der Waals surface area contributed by atoms with Gasteiger partial charge in [0, 0.05) is 43.1 Å². The molecule has 0 radical (unpaired) electrons. The van der Waals surface area contributed by atoms with Gasteiger partial charge in [-0.1, -0.05) is 194 Å². The van der Waals surface area contributed by atoms with Gasteiger partial charge in [-0.25, -0.2) is 4.85 Å². The highest BCUT2D eigenvalue weighted by molar-refractivity contribution is 6.17. The highest BCUT2D eigenvalue weighted by Gasteiger charge is 2.36. The fraction of sp³-hybridized carbons (Fsp3) is 0.333. The SMILES string of the molecule is [C-]#[N+]c1c(-n2c3ccccc3c3cc(C4CCCCC4)ccc32)c(-n2c3ccc(C(C)(C)C)cc3c3cc(C(C)(C)C)ccc32)c(C#N)c(-n2c3ccccc3c3cc(C4CCCCC4)ccc32)c1-n1c2ccc(C(C)(C)C)cc2c2cc(C(C)(C)C)ccc21. The van der Waals surface area contributed by atoms with Crippen molar-refractivity contribution < 1.29 is 0 Å². The summed E-state index contributed by atoms with van der Waals surface area (Å²) < 4.78 is 9.57. The number of fused-ring (bicyclic) bond motifs is 12. The first kappa shape index (κ1) is 57.6. The molecule has 2 fully saturated rings. The molecule has 0 bridgehead atoms. The molecule has 0 N–H and O–H groups in total. The highest BCUT2D eigenvalue weighted by atomic mass is 15.1. The first-order chi connectivity index (χ1) is 43.1. The number of aromatic nitrogens is 4. The molecule has 0 saturated heterocycles. The van der Waals surface area contributed by atoms with Crippen LogP contribution in [0.5, 0.6) is 0 Å². The lowest BCUT2D eigenvalue weighted by molar-refractivity contribution is 0.444. The zero-order chi connectivity index (χ0) is 62.5. The van der Waals surface area contributed by atoms with Gasteiger partial charge in [0.15, 0.2) is 0 Å². The molecule has 0 aliphatic heterocycles. The minimum Gasteiger partial charge on any atom is -0.317 e. The molecule has 4 aromatic heterocycles. The third-order valence-electron chi connectivity index (χ3n) is 21.0. The van der Waals surface area contributed by atoms with Crippen molar-refractivity contribution in [3.63, 3.8) is 0 Å². The second-order valence-corrected chi connectivity index (χ2v) is 30.9. The number of hydrogen-bond acceptors (Lipinski definition) is 1. The van der Waals surface area contributed by atoms with Gasteiger partial charge in [0.1, 0.15) is 11.6 Å². The van der Waals surface area contributed by atoms with Crippen molar-refractivity contribution in [1.29, 1.82) is 5.26 Å². The van der Waals surface area contributed by atoms with E-state index in [-0.39, 0.29) is 21.7 Å². The Bertz CT molecular complexity index is 4730. The van der Waals surface area contributed by atoms with Gasteiger partial charge in [0.25, 0.3) is 0 Å². The molecule has 9 aromatic carbocycles. The molecule has 6 nitrogen and oxygen atoms in total. The first-order valence-corrected chi connectivity index (χ1v) is 33.4. The third-order valence-corrected chi connectivity index (χ3v) is 21.0. The zero-order valence-electron chi connectivity index (χ0n) is 54.9. The summed E-state index contributed by atoms with van der Waals surface area (Å²) in [4.78, 5) is 5.09. The number of hydrogen-bond donors (Lipinski definition) is 0. The lowest BCUT2D eigenvalue weighted by Gasteiger charge is -2.28. The Balaban J connectivity index is 1.21. The average Bonchev–Trinajstić information content (AvgIpc) is 1.51. The molecule has 2 saturated carbocycles. The Kier molecular flexibility index (Phi) is 13.4. The first-order valence-electron chi connectivity index (χ1n) is 33.4. The van der Waals surface area contributed by atoms with E-state index in [1.54, 1.807) is 0 Å². The summed E-state index contributed by atoms with van der Waals surface area (Å²) in [6.45, 7) is 37.8. The summed E-state index contributed by atoms with van der Waals surface area (Å²) in [6, 6.07) is 63.1. The molecule has 4 heterocycles. The van der Waals surface area contributed by atoms with Gasteiger partial charge in [0.05, 0.1) is 73.5 Å². The summed E-state index contributed by atoms with van der Waals surface area (Å²) in [5.74, 6) is 0.976. The fourth-order valence-corrected chi connectivity index (χ4v) is 16.0.